The van der Waals surface area contributed by atoms with Crippen LogP contribution in [0.5, 0.6) is 0 Å². The molecular weight excluding hydrogens is 373 g/mol. The lowest BCUT2D eigenvalue weighted by atomic mass is 10.1. The van der Waals surface area contributed by atoms with Gasteiger partial charge in [0.15, 0.2) is 6.29 Å². The third-order valence-corrected chi connectivity index (χ3v) is 3.75. The largest absolute Gasteiger partial charge is 0.443 e. The quantitative estimate of drug-likeness (QED) is 0.672. The van der Waals surface area contributed by atoms with Gasteiger partial charge in [0.2, 0.25) is 0 Å². The second-order valence-corrected chi connectivity index (χ2v) is 7.22. The molecule has 8 heteroatoms. The summed E-state index contributed by atoms with van der Waals surface area (Å²) in [7, 11) is 0. The van der Waals surface area contributed by atoms with Crippen LogP contribution in [0.1, 0.15) is 48.0 Å². The van der Waals surface area contributed by atoms with Gasteiger partial charge in [0.1, 0.15) is 11.4 Å². The van der Waals surface area contributed by atoms with E-state index in [1.165, 1.54) is 29.2 Å². The van der Waals surface area contributed by atoms with Crippen molar-refractivity contribution in [1.82, 2.24) is 4.98 Å². The summed E-state index contributed by atoms with van der Waals surface area (Å²) in [5, 5.41) is 0. The van der Waals surface area contributed by atoms with Crippen LogP contribution in [0, 0.1) is 6.92 Å². The molecule has 2 aromatic rings. The molecule has 28 heavy (non-hydrogen) atoms. The van der Waals surface area contributed by atoms with E-state index in [9.17, 15) is 22.8 Å². The Morgan fingerprint density at radius 3 is 2.18 bits per heavy atom. The van der Waals surface area contributed by atoms with Gasteiger partial charge in [0.05, 0.1) is 17.8 Å². The Kier molecular flexibility index (Phi) is 6.11. The minimum Gasteiger partial charge on any atom is -0.443 e. The number of benzene rings is 1. The monoisotopic (exact) mass is 394 g/mol. The molecule has 0 unspecified atom stereocenters. The zero-order valence-corrected chi connectivity index (χ0v) is 16.0. The fraction of sp³-hybridized carbons (Fsp3) is 0.350. The highest BCUT2D eigenvalue weighted by Crippen LogP contribution is 2.29. The second kappa shape index (κ2) is 8.00. The number of hydrogen-bond donors (Lipinski definition) is 0. The summed E-state index contributed by atoms with van der Waals surface area (Å²) in [5.74, 6) is 0.234. The first-order valence-corrected chi connectivity index (χ1v) is 8.50. The average molecular weight is 394 g/mol. The van der Waals surface area contributed by atoms with Crippen LogP contribution in [-0.4, -0.2) is 23.0 Å². The highest BCUT2D eigenvalue weighted by Gasteiger charge is 2.30. The van der Waals surface area contributed by atoms with Gasteiger partial charge in [-0.15, -0.1) is 0 Å². The number of aryl methyl sites for hydroxylation is 1. The molecular formula is C20H21F3N2O3. The predicted molar refractivity (Wildman–Crippen MR) is 98.2 cm³/mol. The van der Waals surface area contributed by atoms with Gasteiger partial charge in [-0.2, -0.15) is 13.2 Å². The molecule has 0 spiro atoms. The number of halogens is 3. The van der Waals surface area contributed by atoms with E-state index < -0.39 is 23.4 Å². The minimum absolute atomic E-state index is 0.0417. The molecule has 1 amide bonds. The molecule has 0 saturated heterocycles. The number of aldehydes is 1. The topological polar surface area (TPSA) is 59.5 Å². The molecule has 0 aliphatic carbocycles. The van der Waals surface area contributed by atoms with Gasteiger partial charge in [-0.3, -0.25) is 9.69 Å². The van der Waals surface area contributed by atoms with E-state index in [1.54, 1.807) is 27.7 Å². The Balaban J connectivity index is 2.37. The zero-order chi connectivity index (χ0) is 21.1. The maximum atomic E-state index is 12.8. The van der Waals surface area contributed by atoms with Crippen LogP contribution >= 0.6 is 0 Å². The van der Waals surface area contributed by atoms with Crippen molar-refractivity contribution in [2.75, 3.05) is 4.90 Å². The Hall–Kier alpha value is -2.90. The summed E-state index contributed by atoms with van der Waals surface area (Å²) < 4.78 is 43.7. The number of hydrogen-bond acceptors (Lipinski definition) is 4. The van der Waals surface area contributed by atoms with E-state index in [0.717, 1.165) is 12.1 Å². The summed E-state index contributed by atoms with van der Waals surface area (Å²) >= 11 is 0. The van der Waals surface area contributed by atoms with Gasteiger partial charge in [-0.05, 0) is 57.5 Å². The van der Waals surface area contributed by atoms with E-state index >= 15 is 0 Å². The van der Waals surface area contributed by atoms with Crippen molar-refractivity contribution in [3.8, 4) is 0 Å². The van der Waals surface area contributed by atoms with Crippen LogP contribution < -0.4 is 4.90 Å². The lowest BCUT2D eigenvalue weighted by molar-refractivity contribution is -0.137. The molecule has 1 aromatic carbocycles. The first kappa shape index (κ1) is 21.4. The van der Waals surface area contributed by atoms with Gasteiger partial charge in [0, 0.05) is 5.56 Å². The third kappa shape index (κ3) is 5.55. The van der Waals surface area contributed by atoms with Crippen LogP contribution in [-0.2, 0) is 17.5 Å². The van der Waals surface area contributed by atoms with E-state index in [4.69, 9.17) is 4.74 Å². The number of amides is 1. The highest BCUT2D eigenvalue weighted by molar-refractivity contribution is 5.87. The molecule has 150 valence electrons. The van der Waals surface area contributed by atoms with Crippen LogP contribution in [0.25, 0.3) is 0 Å². The van der Waals surface area contributed by atoms with Crippen LogP contribution in [0.2, 0.25) is 0 Å². The average Bonchev–Trinajstić information content (AvgIpc) is 2.57. The second-order valence-electron chi connectivity index (χ2n) is 7.22. The molecule has 0 aliphatic heterocycles. The molecule has 2 rings (SSSR count). The molecule has 0 bridgehead atoms. The third-order valence-electron chi connectivity index (χ3n) is 3.75. The number of carbonyl (C=O) groups is 2. The van der Waals surface area contributed by atoms with E-state index in [2.05, 4.69) is 4.98 Å². The van der Waals surface area contributed by atoms with Crippen molar-refractivity contribution in [2.45, 2.75) is 46.0 Å². The molecule has 1 aromatic heterocycles. The Morgan fingerprint density at radius 2 is 1.71 bits per heavy atom. The lowest BCUT2D eigenvalue weighted by Crippen LogP contribution is -2.37. The first-order chi connectivity index (χ1) is 12.9. The van der Waals surface area contributed by atoms with Gasteiger partial charge in [0.25, 0.3) is 0 Å². The lowest BCUT2D eigenvalue weighted by Gasteiger charge is -2.27. The van der Waals surface area contributed by atoms with Crippen molar-refractivity contribution < 1.29 is 27.5 Å². The fourth-order valence-electron chi connectivity index (χ4n) is 2.37. The molecule has 0 fully saturated rings. The van der Waals surface area contributed by atoms with E-state index in [-0.39, 0.29) is 12.4 Å². The number of anilines is 1. The highest BCUT2D eigenvalue weighted by atomic mass is 19.4. The van der Waals surface area contributed by atoms with Gasteiger partial charge >= 0.3 is 12.3 Å². The van der Waals surface area contributed by atoms with Crippen LogP contribution in [0.15, 0.2) is 36.4 Å². The minimum atomic E-state index is -4.44. The van der Waals surface area contributed by atoms with E-state index in [0.29, 0.717) is 23.1 Å². The Labute approximate surface area is 161 Å². The van der Waals surface area contributed by atoms with Gasteiger partial charge in [-0.1, -0.05) is 12.1 Å². The summed E-state index contributed by atoms with van der Waals surface area (Å²) in [6.45, 7) is 6.69. The smallest absolute Gasteiger partial charge is 0.416 e. The summed E-state index contributed by atoms with van der Waals surface area (Å²) in [6.07, 6.45) is -4.48. The van der Waals surface area contributed by atoms with Crippen LogP contribution in [0.3, 0.4) is 0 Å². The molecule has 0 atom stereocenters. The number of carbonyl (C=O) groups excluding carboxylic acids is 2. The molecule has 5 nitrogen and oxygen atoms in total. The standard InChI is InChI=1S/C20H21F3N2O3/c1-13-15(12-26)7-10-17(24-13)25(18(27)28-19(2,3)4)11-14-5-8-16(9-6-14)20(21,22)23/h5-10,12H,11H2,1-4H3. The maximum Gasteiger partial charge on any atom is 0.416 e. The summed E-state index contributed by atoms with van der Waals surface area (Å²) in [6, 6.07) is 7.52. The van der Waals surface area contributed by atoms with Gasteiger partial charge in [-0.25, -0.2) is 9.78 Å². The van der Waals surface area contributed by atoms with Gasteiger partial charge < -0.3 is 4.74 Å². The van der Waals surface area contributed by atoms with Crippen molar-refractivity contribution in [2.24, 2.45) is 0 Å². The fourth-order valence-corrected chi connectivity index (χ4v) is 2.37. The first-order valence-electron chi connectivity index (χ1n) is 8.50. The molecule has 0 N–H and O–H groups in total. The SMILES string of the molecule is Cc1nc(N(Cc2ccc(C(F)(F)F)cc2)C(=O)OC(C)(C)C)ccc1C=O. The summed E-state index contributed by atoms with van der Waals surface area (Å²) in [4.78, 5) is 29.1. The van der Waals surface area contributed by atoms with Crippen molar-refractivity contribution in [3.05, 3.63) is 58.8 Å². The maximum absolute atomic E-state index is 12.8. The number of pyridine rings is 1. The number of rotatable bonds is 4. The van der Waals surface area contributed by atoms with Crippen molar-refractivity contribution in [3.63, 3.8) is 0 Å². The number of nitrogens with zero attached hydrogens (tertiary/aromatic N) is 2. The molecule has 0 aliphatic rings. The number of ether oxygens (including phenoxy) is 1. The number of aromatic nitrogens is 1. The Morgan fingerprint density at radius 1 is 1.11 bits per heavy atom. The Bertz CT molecular complexity index is 856. The van der Waals surface area contributed by atoms with Crippen molar-refractivity contribution >= 4 is 18.2 Å². The molecule has 1 heterocycles. The van der Waals surface area contributed by atoms with Crippen molar-refractivity contribution in [1.29, 1.82) is 0 Å². The van der Waals surface area contributed by atoms with E-state index in [1.807, 2.05) is 0 Å². The zero-order valence-electron chi connectivity index (χ0n) is 16.0. The normalized spacial score (nSPS) is 11.8. The predicted octanol–water partition coefficient (Wildman–Crippen LogP) is 5.16. The summed E-state index contributed by atoms with van der Waals surface area (Å²) in [5.41, 5.74) is -0.272. The molecule has 0 radical (unpaired) electrons. The number of alkyl halides is 3. The van der Waals surface area contributed by atoms with Crippen LogP contribution in [0.4, 0.5) is 23.8 Å². The molecule has 0 saturated carbocycles.